The van der Waals surface area contributed by atoms with E-state index >= 15 is 0 Å². The lowest BCUT2D eigenvalue weighted by atomic mass is 10.0. The van der Waals surface area contributed by atoms with Crippen LogP contribution < -0.4 is 0 Å². The van der Waals surface area contributed by atoms with Crippen molar-refractivity contribution >= 4 is 19.8 Å². The van der Waals surface area contributed by atoms with E-state index in [9.17, 15) is 19.0 Å². The van der Waals surface area contributed by atoms with Crippen molar-refractivity contribution in [1.82, 2.24) is 0 Å². The lowest BCUT2D eigenvalue weighted by molar-refractivity contribution is -0.870. The number of phosphoric ester groups is 1. The molecule has 0 saturated carbocycles. The molecule has 0 aliphatic heterocycles. The summed E-state index contributed by atoms with van der Waals surface area (Å²) in [5, 5.41) is 0. The molecule has 502 valence electrons. The third-order valence-corrected chi connectivity index (χ3v) is 17.2. The molecule has 0 aliphatic rings. The number of hydrogen-bond donors (Lipinski definition) is 1. The molecule has 1 N–H and O–H groups in total. The number of hydrogen-bond acceptors (Lipinski definition) is 7. The van der Waals surface area contributed by atoms with Crippen LogP contribution in [0.5, 0.6) is 0 Å². The van der Waals surface area contributed by atoms with E-state index < -0.39 is 26.5 Å². The van der Waals surface area contributed by atoms with E-state index in [1.807, 2.05) is 21.1 Å². The van der Waals surface area contributed by atoms with Gasteiger partial charge in [0.1, 0.15) is 19.8 Å². The quantitative estimate of drug-likeness (QED) is 0.0211. The van der Waals surface area contributed by atoms with Crippen molar-refractivity contribution in [3.63, 3.8) is 0 Å². The number of nitrogens with zero attached hydrogens (tertiary/aromatic N) is 1. The zero-order chi connectivity index (χ0) is 62.6. The van der Waals surface area contributed by atoms with Crippen LogP contribution in [0.25, 0.3) is 0 Å². The second-order valence-corrected chi connectivity index (χ2v) is 27.4. The van der Waals surface area contributed by atoms with Crippen molar-refractivity contribution < 1.29 is 42.1 Å². The predicted octanol–water partition coefficient (Wildman–Crippen LogP) is 23.9. The van der Waals surface area contributed by atoms with Crippen LogP contribution in [0, 0.1) is 0 Å². The summed E-state index contributed by atoms with van der Waals surface area (Å²) < 4.78 is 34.8. The highest BCUT2D eigenvalue weighted by molar-refractivity contribution is 7.47. The highest BCUT2D eigenvalue weighted by Crippen LogP contribution is 2.43. The van der Waals surface area contributed by atoms with Crippen molar-refractivity contribution in [2.75, 3.05) is 47.5 Å². The SMILES string of the molecule is CC/C=C\C/C=C\C/C=C\C/C=C\C/C=C\CCCCCCCCCCCCCC(=O)OC(COC(=O)CCCCCCCCCCCCCCCCCCCCCCCCC/C=C\CCCCCCCCCC)COP(=O)(O)OCC[N+](C)(C)C. The Kier molecular flexibility index (Phi) is 64.9. The fourth-order valence-corrected chi connectivity index (χ4v) is 11.4. The largest absolute Gasteiger partial charge is 0.472 e. The smallest absolute Gasteiger partial charge is 0.462 e. The van der Waals surface area contributed by atoms with Gasteiger partial charge in [-0.3, -0.25) is 18.6 Å². The van der Waals surface area contributed by atoms with Crippen LogP contribution in [-0.2, 0) is 32.7 Å². The number of unbranched alkanes of at least 4 members (excludes halogenated alkanes) is 42. The van der Waals surface area contributed by atoms with Gasteiger partial charge in [0, 0.05) is 12.8 Å². The van der Waals surface area contributed by atoms with Gasteiger partial charge in [0.15, 0.2) is 6.10 Å². The number of carbonyl (C=O) groups excluding carboxylic acids is 2. The molecular formula is C76H141NO8P+. The first-order chi connectivity index (χ1) is 42.0. The molecule has 0 amide bonds. The zero-order valence-electron chi connectivity index (χ0n) is 57.3. The molecule has 0 aliphatic carbocycles. The molecule has 0 spiro atoms. The molecule has 0 bridgehead atoms. The van der Waals surface area contributed by atoms with Gasteiger partial charge in [0.05, 0.1) is 27.7 Å². The van der Waals surface area contributed by atoms with Crippen molar-refractivity contribution in [3.05, 3.63) is 72.9 Å². The van der Waals surface area contributed by atoms with E-state index in [4.69, 9.17) is 18.5 Å². The normalized spacial score (nSPS) is 13.5. The van der Waals surface area contributed by atoms with Crippen molar-refractivity contribution in [1.29, 1.82) is 0 Å². The van der Waals surface area contributed by atoms with Crippen LogP contribution in [0.2, 0.25) is 0 Å². The first-order valence-electron chi connectivity index (χ1n) is 36.7. The number of esters is 2. The Bertz CT molecular complexity index is 1680. The highest BCUT2D eigenvalue weighted by atomic mass is 31.2. The summed E-state index contributed by atoms with van der Waals surface area (Å²) in [4.78, 5) is 35.9. The van der Waals surface area contributed by atoms with Crippen LogP contribution in [0.4, 0.5) is 0 Å². The Morgan fingerprint density at radius 1 is 0.372 bits per heavy atom. The fourth-order valence-electron chi connectivity index (χ4n) is 10.6. The molecule has 2 unspecified atom stereocenters. The number of carbonyl (C=O) groups is 2. The average Bonchev–Trinajstić information content (AvgIpc) is 3.53. The second-order valence-electron chi connectivity index (χ2n) is 25.9. The van der Waals surface area contributed by atoms with Gasteiger partial charge in [0.25, 0.3) is 0 Å². The number of rotatable bonds is 68. The van der Waals surface area contributed by atoms with Crippen LogP contribution in [0.1, 0.15) is 348 Å². The summed E-state index contributed by atoms with van der Waals surface area (Å²) in [6.07, 6.45) is 90.3. The minimum Gasteiger partial charge on any atom is -0.462 e. The van der Waals surface area contributed by atoms with E-state index in [-0.39, 0.29) is 25.6 Å². The van der Waals surface area contributed by atoms with Gasteiger partial charge < -0.3 is 18.9 Å². The van der Waals surface area contributed by atoms with Crippen molar-refractivity contribution in [2.24, 2.45) is 0 Å². The molecule has 0 aromatic heterocycles. The van der Waals surface area contributed by atoms with E-state index in [2.05, 4.69) is 86.8 Å². The molecule has 0 saturated heterocycles. The minimum atomic E-state index is -4.40. The molecule has 0 radical (unpaired) electrons. The number of phosphoric acid groups is 1. The molecule has 0 aromatic carbocycles. The van der Waals surface area contributed by atoms with Gasteiger partial charge >= 0.3 is 19.8 Å². The maximum Gasteiger partial charge on any atom is 0.472 e. The first-order valence-corrected chi connectivity index (χ1v) is 38.2. The summed E-state index contributed by atoms with van der Waals surface area (Å²) in [7, 11) is 1.48. The third-order valence-electron chi connectivity index (χ3n) is 16.2. The molecule has 0 aromatic rings. The van der Waals surface area contributed by atoms with Crippen LogP contribution in [0.15, 0.2) is 72.9 Å². The Hall–Kier alpha value is -2.55. The van der Waals surface area contributed by atoms with E-state index in [0.717, 1.165) is 70.6 Å². The molecule has 0 rings (SSSR count). The Balaban J connectivity index is 3.98. The molecule has 9 nitrogen and oxygen atoms in total. The number of ether oxygens (including phenoxy) is 2. The summed E-state index contributed by atoms with van der Waals surface area (Å²) in [6, 6.07) is 0. The van der Waals surface area contributed by atoms with E-state index in [1.165, 1.54) is 244 Å². The molecule has 10 heteroatoms. The number of likely N-dealkylation sites (N-methyl/N-ethyl adjacent to an activating group) is 1. The van der Waals surface area contributed by atoms with Crippen molar-refractivity contribution in [2.45, 2.75) is 354 Å². The average molecular weight is 1230 g/mol. The van der Waals surface area contributed by atoms with Crippen LogP contribution >= 0.6 is 7.82 Å². The first kappa shape index (κ1) is 83.5. The molecule has 0 fully saturated rings. The van der Waals surface area contributed by atoms with Crippen LogP contribution in [-0.4, -0.2) is 74.9 Å². The van der Waals surface area contributed by atoms with Gasteiger partial charge in [-0.2, -0.15) is 0 Å². The summed E-state index contributed by atoms with van der Waals surface area (Å²) in [5.41, 5.74) is 0. The molecule has 86 heavy (non-hydrogen) atoms. The Morgan fingerprint density at radius 3 is 1.00 bits per heavy atom. The van der Waals surface area contributed by atoms with Gasteiger partial charge in [-0.25, -0.2) is 4.57 Å². The van der Waals surface area contributed by atoms with E-state index in [1.54, 1.807) is 0 Å². The lowest BCUT2D eigenvalue weighted by Gasteiger charge is -2.24. The van der Waals surface area contributed by atoms with Crippen LogP contribution in [0.3, 0.4) is 0 Å². The monoisotopic (exact) mass is 1230 g/mol. The predicted molar refractivity (Wildman–Crippen MR) is 372 cm³/mol. The fraction of sp³-hybridized carbons (Fsp3) is 0.816. The topological polar surface area (TPSA) is 108 Å². The molecular weight excluding hydrogens is 1090 g/mol. The van der Waals surface area contributed by atoms with Gasteiger partial charge in [0.2, 0.25) is 0 Å². The van der Waals surface area contributed by atoms with Gasteiger partial charge in [-0.15, -0.1) is 0 Å². The number of allylic oxidation sites excluding steroid dienone is 12. The maximum absolute atomic E-state index is 12.9. The summed E-state index contributed by atoms with van der Waals surface area (Å²) >= 11 is 0. The summed E-state index contributed by atoms with van der Waals surface area (Å²) in [5.74, 6) is -0.787. The van der Waals surface area contributed by atoms with Gasteiger partial charge in [-0.1, -0.05) is 324 Å². The zero-order valence-corrected chi connectivity index (χ0v) is 58.2. The van der Waals surface area contributed by atoms with Gasteiger partial charge in [-0.05, 0) is 83.5 Å². The lowest BCUT2D eigenvalue weighted by Crippen LogP contribution is -2.37. The Morgan fingerprint density at radius 2 is 0.663 bits per heavy atom. The standard InChI is InChI=1S/C76H140NO8P/c1-6-8-10-12-14-16-18-20-22-24-26-28-30-32-34-35-36-37-38-39-40-41-43-44-46-48-50-52-54-56-58-60-62-64-66-68-75(78)82-72-74(73-84-86(80,81)83-71-70-77(3,4)5)85-76(79)69-67-65-63-61-59-57-55-53-51-49-47-45-42-33-31-29-27-25-23-21-19-17-15-13-11-9-7-2/h9,11,15,17,21,23-24,26-27,29,33,42,74H,6-8,10,12-14,16,18-20,22,25,28,30-32,34-41,43-73H2,1-5H3/p+1/b11-9-,17-15-,23-21-,26-24-,29-27-,42-33-. The minimum absolute atomic E-state index is 0.0304. The van der Waals surface area contributed by atoms with E-state index in [0.29, 0.717) is 23.9 Å². The second kappa shape index (κ2) is 66.9. The maximum atomic E-state index is 12.9. The number of quaternary nitrogens is 1. The Labute approximate surface area is 533 Å². The summed E-state index contributed by atoms with van der Waals surface area (Å²) in [6.45, 7) is 4.36. The van der Waals surface area contributed by atoms with Crippen molar-refractivity contribution in [3.8, 4) is 0 Å². The highest BCUT2D eigenvalue weighted by Gasteiger charge is 2.27. The molecule has 0 heterocycles. The third kappa shape index (κ3) is 70.5. The molecule has 2 atom stereocenters.